The molecule has 0 fully saturated rings. The number of nitrogens with two attached hydrogens (primary N) is 1. The van der Waals surface area contributed by atoms with Gasteiger partial charge in [0.05, 0.1) is 6.61 Å². The molecule has 4 N–H and O–H groups in total. The lowest BCUT2D eigenvalue weighted by molar-refractivity contribution is 0.185. The summed E-state index contributed by atoms with van der Waals surface area (Å²) in [6, 6.07) is 7.85. The van der Waals surface area contributed by atoms with Crippen molar-refractivity contribution >= 4 is 35.6 Å². The van der Waals surface area contributed by atoms with E-state index in [0.29, 0.717) is 25.0 Å². The van der Waals surface area contributed by atoms with Crippen molar-refractivity contribution in [3.63, 3.8) is 0 Å². The summed E-state index contributed by atoms with van der Waals surface area (Å²) in [5.41, 5.74) is 7.90. The number of nitrogens with zero attached hydrogens (tertiary/aromatic N) is 1. The van der Waals surface area contributed by atoms with Crippen LogP contribution in [0.3, 0.4) is 0 Å². The molecule has 0 saturated heterocycles. The standard InChI is InChI=1S/C16H27N3O2.HI/c1-3-6-13(9-10-20)11-18-16(17)19-15-8-5-4-7-14(15)12-21-2;/h4-5,7-8,13,20H,3,6,9-12H2,1-2H3,(H3,17,18,19);1H. The number of aliphatic imine (C=N–C) groups is 1. The maximum atomic E-state index is 9.05. The zero-order chi connectivity index (χ0) is 15.5. The number of hydrogen-bond donors (Lipinski definition) is 3. The minimum absolute atomic E-state index is 0. The number of rotatable bonds is 9. The van der Waals surface area contributed by atoms with E-state index in [1.165, 1.54) is 0 Å². The van der Waals surface area contributed by atoms with Crippen molar-refractivity contribution in [3.05, 3.63) is 29.8 Å². The average molecular weight is 421 g/mol. The van der Waals surface area contributed by atoms with E-state index in [4.69, 9.17) is 15.6 Å². The summed E-state index contributed by atoms with van der Waals surface area (Å²) in [6.07, 6.45) is 2.91. The fourth-order valence-electron chi connectivity index (χ4n) is 2.25. The van der Waals surface area contributed by atoms with Crippen LogP contribution in [-0.4, -0.2) is 31.3 Å². The molecule has 0 aliphatic rings. The number of halogens is 1. The summed E-state index contributed by atoms with van der Waals surface area (Å²) in [6.45, 7) is 3.50. The lowest BCUT2D eigenvalue weighted by Gasteiger charge is -2.14. The minimum atomic E-state index is 0. The molecule has 6 heteroatoms. The van der Waals surface area contributed by atoms with Crippen LogP contribution in [0.1, 0.15) is 31.7 Å². The van der Waals surface area contributed by atoms with Gasteiger partial charge in [-0.2, -0.15) is 0 Å². The fourth-order valence-corrected chi connectivity index (χ4v) is 2.25. The maximum Gasteiger partial charge on any atom is 0.193 e. The molecule has 1 aromatic rings. The summed E-state index contributed by atoms with van der Waals surface area (Å²) >= 11 is 0. The average Bonchev–Trinajstić information content (AvgIpc) is 2.47. The van der Waals surface area contributed by atoms with Crippen molar-refractivity contribution in [2.24, 2.45) is 16.6 Å². The van der Waals surface area contributed by atoms with E-state index >= 15 is 0 Å². The lowest BCUT2D eigenvalue weighted by Crippen LogP contribution is -2.24. The number of nitrogens with one attached hydrogen (secondary N) is 1. The largest absolute Gasteiger partial charge is 0.396 e. The molecule has 0 saturated carbocycles. The van der Waals surface area contributed by atoms with Gasteiger partial charge in [-0.25, -0.2) is 0 Å². The Kier molecular flexibility index (Phi) is 12.2. The van der Waals surface area contributed by atoms with Gasteiger partial charge in [-0.3, -0.25) is 4.99 Å². The Labute approximate surface area is 150 Å². The first-order valence-electron chi connectivity index (χ1n) is 7.45. The smallest absolute Gasteiger partial charge is 0.193 e. The van der Waals surface area contributed by atoms with Crippen molar-refractivity contribution in [2.75, 3.05) is 25.6 Å². The summed E-state index contributed by atoms with van der Waals surface area (Å²) in [5, 5.41) is 12.2. The first-order valence-corrected chi connectivity index (χ1v) is 7.45. The molecule has 126 valence electrons. The van der Waals surface area contributed by atoms with Gasteiger partial charge in [0.15, 0.2) is 5.96 Å². The Bertz CT molecular complexity index is 435. The Morgan fingerprint density at radius 1 is 1.36 bits per heavy atom. The van der Waals surface area contributed by atoms with Gasteiger partial charge in [-0.15, -0.1) is 24.0 Å². The van der Waals surface area contributed by atoms with Crippen molar-refractivity contribution in [1.29, 1.82) is 0 Å². The normalized spacial score (nSPS) is 12.6. The first kappa shape index (κ1) is 21.1. The third-order valence-electron chi connectivity index (χ3n) is 3.33. The predicted octanol–water partition coefficient (Wildman–Crippen LogP) is 2.98. The number of para-hydroxylation sites is 1. The molecular formula is C16H28IN3O2. The van der Waals surface area contributed by atoms with Crippen molar-refractivity contribution < 1.29 is 9.84 Å². The van der Waals surface area contributed by atoms with Gasteiger partial charge in [0.25, 0.3) is 0 Å². The van der Waals surface area contributed by atoms with Gasteiger partial charge in [0.1, 0.15) is 0 Å². The van der Waals surface area contributed by atoms with Crippen LogP contribution in [0.2, 0.25) is 0 Å². The molecule has 1 atom stereocenters. The van der Waals surface area contributed by atoms with Crippen LogP contribution < -0.4 is 11.1 Å². The summed E-state index contributed by atoms with van der Waals surface area (Å²) in [5.74, 6) is 0.784. The topological polar surface area (TPSA) is 79.9 Å². The van der Waals surface area contributed by atoms with Crippen LogP contribution in [0.15, 0.2) is 29.3 Å². The minimum Gasteiger partial charge on any atom is -0.396 e. The number of benzene rings is 1. The molecule has 22 heavy (non-hydrogen) atoms. The van der Waals surface area contributed by atoms with Crippen molar-refractivity contribution in [3.8, 4) is 0 Å². The fraction of sp³-hybridized carbons (Fsp3) is 0.562. The number of aliphatic hydroxyl groups is 1. The van der Waals surface area contributed by atoms with Crippen LogP contribution >= 0.6 is 24.0 Å². The van der Waals surface area contributed by atoms with E-state index in [1.807, 2.05) is 24.3 Å². The van der Waals surface area contributed by atoms with Crippen LogP contribution in [-0.2, 0) is 11.3 Å². The number of ether oxygens (including phenoxy) is 1. The molecule has 0 spiro atoms. The molecule has 1 aromatic carbocycles. The lowest BCUT2D eigenvalue weighted by atomic mass is 10.0. The second kappa shape index (κ2) is 12.7. The first-order chi connectivity index (χ1) is 10.2. The second-order valence-corrected chi connectivity index (χ2v) is 5.11. The molecule has 0 aromatic heterocycles. The highest BCUT2D eigenvalue weighted by Gasteiger charge is 2.07. The van der Waals surface area contributed by atoms with Crippen LogP contribution in [0, 0.1) is 5.92 Å². The van der Waals surface area contributed by atoms with Crippen LogP contribution in [0.5, 0.6) is 0 Å². The molecule has 0 amide bonds. The predicted molar refractivity (Wildman–Crippen MR) is 103 cm³/mol. The van der Waals surface area contributed by atoms with Crippen LogP contribution in [0.25, 0.3) is 0 Å². The van der Waals surface area contributed by atoms with Gasteiger partial charge in [0.2, 0.25) is 0 Å². The van der Waals surface area contributed by atoms with Crippen molar-refractivity contribution in [1.82, 2.24) is 0 Å². The molecule has 5 nitrogen and oxygen atoms in total. The Morgan fingerprint density at radius 3 is 2.73 bits per heavy atom. The number of hydrogen-bond acceptors (Lipinski definition) is 3. The molecule has 0 aliphatic heterocycles. The highest BCUT2D eigenvalue weighted by Crippen LogP contribution is 2.16. The highest BCUT2D eigenvalue weighted by molar-refractivity contribution is 14.0. The van der Waals surface area contributed by atoms with E-state index in [0.717, 1.165) is 30.5 Å². The van der Waals surface area contributed by atoms with E-state index in [1.54, 1.807) is 7.11 Å². The quantitative estimate of drug-likeness (QED) is 0.326. The molecule has 1 unspecified atom stereocenters. The summed E-state index contributed by atoms with van der Waals surface area (Å²) in [4.78, 5) is 4.39. The van der Waals surface area contributed by atoms with Gasteiger partial charge in [-0.05, 0) is 24.8 Å². The van der Waals surface area contributed by atoms with E-state index in [9.17, 15) is 0 Å². The number of aliphatic hydroxyl groups excluding tert-OH is 1. The molecule has 0 heterocycles. The SMILES string of the molecule is CCCC(CCO)CN=C(N)Nc1ccccc1COC.I. The Hall–Kier alpha value is -0.860. The van der Waals surface area contributed by atoms with E-state index in [2.05, 4.69) is 17.2 Å². The monoisotopic (exact) mass is 421 g/mol. The van der Waals surface area contributed by atoms with E-state index in [-0.39, 0.29) is 30.6 Å². The molecule has 1 rings (SSSR count). The molecule has 0 radical (unpaired) electrons. The molecule has 0 aliphatic carbocycles. The number of anilines is 1. The zero-order valence-electron chi connectivity index (χ0n) is 13.4. The highest BCUT2D eigenvalue weighted by atomic mass is 127. The van der Waals surface area contributed by atoms with Crippen LogP contribution in [0.4, 0.5) is 5.69 Å². The Balaban J connectivity index is 0.00000441. The Morgan fingerprint density at radius 2 is 2.09 bits per heavy atom. The molecule has 0 bridgehead atoms. The summed E-state index contributed by atoms with van der Waals surface area (Å²) < 4.78 is 5.16. The third-order valence-corrected chi connectivity index (χ3v) is 3.33. The van der Waals surface area contributed by atoms with Gasteiger partial charge in [0, 0.05) is 31.5 Å². The third kappa shape index (κ3) is 7.95. The number of methoxy groups -OCH3 is 1. The second-order valence-electron chi connectivity index (χ2n) is 5.11. The van der Waals surface area contributed by atoms with E-state index < -0.39 is 0 Å². The number of guanidine groups is 1. The summed E-state index contributed by atoms with van der Waals surface area (Å²) in [7, 11) is 1.67. The van der Waals surface area contributed by atoms with Gasteiger partial charge in [-0.1, -0.05) is 31.5 Å². The van der Waals surface area contributed by atoms with Gasteiger partial charge < -0.3 is 20.9 Å². The molecular weight excluding hydrogens is 393 g/mol. The van der Waals surface area contributed by atoms with Gasteiger partial charge >= 0.3 is 0 Å². The zero-order valence-corrected chi connectivity index (χ0v) is 15.7. The van der Waals surface area contributed by atoms with Crippen molar-refractivity contribution in [2.45, 2.75) is 32.8 Å². The maximum absolute atomic E-state index is 9.05.